The third-order valence-electron chi connectivity index (χ3n) is 13.6. The molecule has 0 aromatic heterocycles. The molecule has 4 aliphatic carbocycles. The summed E-state index contributed by atoms with van der Waals surface area (Å²) in [5.74, 6) is -4.65. The number of carbonyl (C=O) groups excluding carboxylic acids is 1. The van der Waals surface area contributed by atoms with E-state index in [4.69, 9.17) is 4.74 Å². The van der Waals surface area contributed by atoms with Gasteiger partial charge in [-0.3, -0.25) is 14.4 Å². The molecule has 0 radical (unpaired) electrons. The van der Waals surface area contributed by atoms with Gasteiger partial charge >= 0.3 is 11.9 Å². The summed E-state index contributed by atoms with van der Waals surface area (Å²) in [5, 5.41) is 33.2. The van der Waals surface area contributed by atoms with Crippen molar-refractivity contribution in [2.75, 3.05) is 39.3 Å². The minimum Gasteiger partial charge on any atom is -0.481 e. The van der Waals surface area contributed by atoms with Gasteiger partial charge in [0.25, 0.3) is 0 Å². The molecule has 9 heteroatoms. The number of ketones is 1. The van der Waals surface area contributed by atoms with Crippen molar-refractivity contribution < 1.29 is 34.4 Å². The van der Waals surface area contributed by atoms with Gasteiger partial charge in [-0.05, 0) is 107 Å². The number of fused-ring (bicyclic) bond motifs is 5. The van der Waals surface area contributed by atoms with E-state index >= 15 is 0 Å². The van der Waals surface area contributed by atoms with Crippen LogP contribution < -0.4 is 0 Å². The first-order valence-electron chi connectivity index (χ1n) is 18.5. The van der Waals surface area contributed by atoms with Crippen molar-refractivity contribution in [2.24, 2.45) is 53.3 Å². The first kappa shape index (κ1) is 36.2. The fourth-order valence-corrected chi connectivity index (χ4v) is 10.7. The van der Waals surface area contributed by atoms with Crippen LogP contribution in [0.5, 0.6) is 0 Å². The van der Waals surface area contributed by atoms with Gasteiger partial charge in [-0.1, -0.05) is 52.0 Å². The number of aliphatic hydroxyl groups is 1. The Balaban J connectivity index is 1.41. The van der Waals surface area contributed by atoms with Crippen LogP contribution >= 0.6 is 0 Å². The molecule has 1 saturated heterocycles. The summed E-state index contributed by atoms with van der Waals surface area (Å²) in [6.07, 6.45) is 6.04. The topological polar surface area (TPSA) is 128 Å². The van der Waals surface area contributed by atoms with Gasteiger partial charge in [0.15, 0.2) is 11.6 Å². The third-order valence-corrected chi connectivity index (χ3v) is 13.6. The van der Waals surface area contributed by atoms with Crippen molar-refractivity contribution in [3.63, 3.8) is 0 Å². The lowest BCUT2D eigenvalue weighted by Gasteiger charge is -2.49. The summed E-state index contributed by atoms with van der Waals surface area (Å²) < 4.78 is 6.91. The van der Waals surface area contributed by atoms with Crippen LogP contribution in [0.3, 0.4) is 0 Å². The number of nitrogens with zero attached hydrogens (tertiary/aromatic N) is 2. The second kappa shape index (κ2) is 14.4. The summed E-state index contributed by atoms with van der Waals surface area (Å²) in [5.41, 5.74) is 0.911. The van der Waals surface area contributed by atoms with E-state index in [2.05, 4.69) is 50.7 Å². The Hall–Kier alpha value is -2.07. The van der Waals surface area contributed by atoms with Crippen LogP contribution in [0, 0.1) is 53.3 Å². The fourth-order valence-electron chi connectivity index (χ4n) is 10.7. The Kier molecular flexibility index (Phi) is 11.1. The number of hydrogen-bond donors (Lipinski definition) is 3. The predicted octanol–water partition coefficient (Wildman–Crippen LogP) is 5.48. The molecule has 9 nitrogen and oxygen atoms in total. The molecule has 5 aliphatic rings. The van der Waals surface area contributed by atoms with Crippen LogP contribution in [-0.2, 0) is 19.1 Å². The molecule has 3 N–H and O–H groups in total. The van der Waals surface area contributed by atoms with Gasteiger partial charge in [0.2, 0.25) is 0 Å². The molecule has 5 fully saturated rings. The second-order valence-corrected chi connectivity index (χ2v) is 15.5. The summed E-state index contributed by atoms with van der Waals surface area (Å²) in [6, 6.07) is 0. The molecule has 0 bridgehead atoms. The van der Waals surface area contributed by atoms with Gasteiger partial charge in [0.1, 0.15) is 5.60 Å². The molecule has 0 aromatic rings. The maximum absolute atomic E-state index is 14.1. The maximum Gasteiger partial charge on any atom is 0.308 e. The van der Waals surface area contributed by atoms with Crippen LogP contribution in [-0.4, -0.2) is 93.5 Å². The molecule has 0 aromatic carbocycles. The zero-order valence-electron chi connectivity index (χ0n) is 29.3. The number of ether oxygens (including phenoxy) is 1. The monoisotopic (exact) mass is 656 g/mol. The van der Waals surface area contributed by atoms with Gasteiger partial charge in [-0.25, -0.2) is 0 Å². The summed E-state index contributed by atoms with van der Waals surface area (Å²) in [4.78, 5) is 43.7. The molecule has 1 spiro atoms. The molecular formula is C38H60N2O7. The Morgan fingerprint density at radius 1 is 0.830 bits per heavy atom. The van der Waals surface area contributed by atoms with Crippen molar-refractivity contribution >= 4 is 17.7 Å². The van der Waals surface area contributed by atoms with Crippen LogP contribution in [0.15, 0.2) is 24.3 Å². The molecule has 1 aliphatic heterocycles. The number of allylic oxidation sites excluding steroid dienone is 2. The average Bonchev–Trinajstić information content (AvgIpc) is 3.32. The molecule has 11 atom stereocenters. The van der Waals surface area contributed by atoms with Crippen LogP contribution in [0.1, 0.15) is 91.9 Å². The highest BCUT2D eigenvalue weighted by molar-refractivity contribution is 5.91. The van der Waals surface area contributed by atoms with E-state index in [1.807, 2.05) is 0 Å². The number of carboxylic acids is 2. The lowest BCUT2D eigenvalue weighted by atomic mass is 9.69. The molecule has 0 amide bonds. The number of aliphatic carboxylic acids is 2. The van der Waals surface area contributed by atoms with E-state index in [1.165, 1.54) is 0 Å². The SMILES string of the molecule is C=C1CCC(C(CN(CC)CC)C(=O)O)CC2C1C[C@]1(O)OC3(CCC21)C(=O)C[C@H]1C(=C)CCC(C(CN(CC)CC)C(=O)O)CC13. The highest BCUT2D eigenvalue weighted by atomic mass is 16.6. The van der Waals surface area contributed by atoms with Crippen molar-refractivity contribution in [3.05, 3.63) is 24.3 Å². The normalized spacial score (nSPS) is 38.5. The zero-order valence-corrected chi connectivity index (χ0v) is 29.3. The summed E-state index contributed by atoms with van der Waals surface area (Å²) >= 11 is 0. The first-order chi connectivity index (χ1) is 22.3. The van der Waals surface area contributed by atoms with E-state index in [-0.39, 0.29) is 47.2 Å². The highest BCUT2D eigenvalue weighted by Crippen LogP contribution is 2.63. The minimum atomic E-state index is -1.50. The van der Waals surface area contributed by atoms with Crippen molar-refractivity contribution in [3.8, 4) is 0 Å². The maximum atomic E-state index is 14.1. The Morgan fingerprint density at radius 3 is 1.85 bits per heavy atom. The number of carbonyl (C=O) groups is 3. The van der Waals surface area contributed by atoms with Crippen LogP contribution in [0.2, 0.25) is 0 Å². The zero-order chi connectivity index (χ0) is 34.3. The smallest absolute Gasteiger partial charge is 0.308 e. The van der Waals surface area contributed by atoms with Gasteiger partial charge in [0.05, 0.1) is 11.8 Å². The van der Waals surface area contributed by atoms with Crippen molar-refractivity contribution in [1.29, 1.82) is 0 Å². The average molecular weight is 657 g/mol. The Labute approximate surface area is 281 Å². The van der Waals surface area contributed by atoms with Crippen molar-refractivity contribution in [2.45, 2.75) is 103 Å². The number of rotatable bonds is 12. The predicted molar refractivity (Wildman–Crippen MR) is 180 cm³/mol. The standard InChI is InChI=1S/C38H60N2O7/c1-7-39(8-2)21-30(35(42)43)25-13-12-24(6)29-20-38(46)32(28(29)17-25)15-16-37(47-38)33-18-26(14-11-23(5)27(33)19-34(37)41)31(36(44)45)22-40(9-3)10-4/h25-33,46H,5-22H2,1-4H3,(H,42,43)(H,44,45)/t25?,26?,27-,28?,29?,30?,31?,32?,33?,37?,38-/m0/s1. The molecule has 4 saturated carbocycles. The number of hydrogen-bond acceptors (Lipinski definition) is 7. The lowest BCUT2D eigenvalue weighted by Crippen LogP contribution is -2.58. The third kappa shape index (κ3) is 6.75. The van der Waals surface area contributed by atoms with E-state index in [0.717, 1.165) is 56.6 Å². The Morgan fingerprint density at radius 2 is 1.34 bits per heavy atom. The number of Topliss-reactive ketones (excluding diaryl/α,β-unsaturated/α-hetero) is 1. The highest BCUT2D eigenvalue weighted by Gasteiger charge is 2.67. The second-order valence-electron chi connectivity index (χ2n) is 15.5. The van der Waals surface area contributed by atoms with Gasteiger partial charge in [-0.15, -0.1) is 0 Å². The van der Waals surface area contributed by atoms with Gasteiger partial charge in [-0.2, -0.15) is 0 Å². The molecular weight excluding hydrogens is 596 g/mol. The molecule has 1 heterocycles. The quantitative estimate of drug-likeness (QED) is 0.234. The molecule has 47 heavy (non-hydrogen) atoms. The first-order valence-corrected chi connectivity index (χ1v) is 18.5. The lowest BCUT2D eigenvalue weighted by molar-refractivity contribution is -0.311. The summed E-state index contributed by atoms with van der Waals surface area (Å²) in [6.45, 7) is 21.2. The Bertz CT molecular complexity index is 1210. The molecule has 5 rings (SSSR count). The van der Waals surface area contributed by atoms with Gasteiger partial charge < -0.3 is 29.9 Å². The van der Waals surface area contributed by atoms with E-state index in [1.54, 1.807) is 0 Å². The molecule has 9 unspecified atom stereocenters. The minimum absolute atomic E-state index is 0.0164. The van der Waals surface area contributed by atoms with Crippen LogP contribution in [0.25, 0.3) is 0 Å². The van der Waals surface area contributed by atoms with Crippen molar-refractivity contribution in [1.82, 2.24) is 9.80 Å². The molecule has 264 valence electrons. The fraction of sp³-hybridized carbons (Fsp3) is 0.816. The number of carboxylic acid groups (broad SMARTS) is 2. The van der Waals surface area contributed by atoms with E-state index < -0.39 is 35.2 Å². The summed E-state index contributed by atoms with van der Waals surface area (Å²) in [7, 11) is 0. The van der Waals surface area contributed by atoms with E-state index in [0.29, 0.717) is 58.0 Å². The van der Waals surface area contributed by atoms with Gasteiger partial charge in [0, 0.05) is 37.8 Å². The van der Waals surface area contributed by atoms with E-state index in [9.17, 15) is 29.7 Å². The largest absolute Gasteiger partial charge is 0.481 e. The van der Waals surface area contributed by atoms with Crippen LogP contribution in [0.4, 0.5) is 0 Å².